The largest absolute Gasteiger partial charge is 0.539 e. The number of nitrogens with two attached hydrogens (primary N) is 1. The molecule has 0 fully saturated rings. The smallest absolute Gasteiger partial charge is 0.351 e. The summed E-state index contributed by atoms with van der Waals surface area (Å²) in [6.07, 6.45) is -0.421. The second-order valence-corrected chi connectivity index (χ2v) is 7.03. The van der Waals surface area contributed by atoms with Gasteiger partial charge in [0.1, 0.15) is 24.9 Å². The minimum absolute atomic E-state index is 0.0298. The number of nitrogens with one attached hydrogen (secondary N) is 1. The minimum Gasteiger partial charge on any atom is -0.539 e. The molecule has 3 unspecified atom stereocenters. The Kier molecular flexibility index (Phi) is 9.76. The van der Waals surface area contributed by atoms with Crippen molar-refractivity contribution in [2.45, 2.75) is 25.2 Å². The molecule has 5 N–H and O–H groups in total. The lowest BCUT2D eigenvalue weighted by atomic mass is 10.0. The van der Waals surface area contributed by atoms with Gasteiger partial charge in [-0.1, -0.05) is 42.5 Å². The molecule has 0 bridgehead atoms. The van der Waals surface area contributed by atoms with Gasteiger partial charge >= 0.3 is 5.97 Å². The van der Waals surface area contributed by atoms with E-state index >= 15 is 0 Å². The van der Waals surface area contributed by atoms with Gasteiger partial charge in [-0.15, -0.1) is 0 Å². The van der Waals surface area contributed by atoms with Gasteiger partial charge in [-0.25, -0.2) is 4.79 Å². The van der Waals surface area contributed by atoms with E-state index in [0.29, 0.717) is 6.61 Å². The zero-order valence-corrected chi connectivity index (χ0v) is 17.3. The Balaban J connectivity index is 0.000000501. The Labute approximate surface area is 180 Å². The van der Waals surface area contributed by atoms with Crippen molar-refractivity contribution in [3.8, 4) is 11.5 Å². The molecule has 168 valence electrons. The summed E-state index contributed by atoms with van der Waals surface area (Å²) < 4.78 is 11.6. The van der Waals surface area contributed by atoms with Crippen molar-refractivity contribution in [3.05, 3.63) is 60.2 Å². The van der Waals surface area contributed by atoms with E-state index in [-0.39, 0.29) is 12.1 Å². The summed E-state index contributed by atoms with van der Waals surface area (Å²) in [4.78, 5) is 18.0. The van der Waals surface area contributed by atoms with Crippen LogP contribution in [0.1, 0.15) is 18.6 Å². The SMILES string of the molecule is CC([NH2+]CCNCC1COc2ccccc2O1)C(O)c1ccccc1.O=C([O-])C(=O)O. The summed E-state index contributed by atoms with van der Waals surface area (Å²) in [5, 5.41) is 32.2. The number of fused-ring (bicyclic) bond motifs is 1. The third-order valence-corrected chi connectivity index (χ3v) is 4.61. The molecular weight excluding hydrogens is 404 g/mol. The minimum atomic E-state index is -2.07. The standard InChI is InChI=1S/C20H26N2O3.C2H2O4/c1-15(20(23)16-7-3-2-4-8-16)22-12-11-21-13-17-14-24-18-9-5-6-10-19(18)25-17;3-1(4)2(5)6/h2-10,15,17,20-23H,11-14H2,1H3;(H,3,4)(H,5,6). The van der Waals surface area contributed by atoms with Crippen molar-refractivity contribution in [2.24, 2.45) is 0 Å². The van der Waals surface area contributed by atoms with E-state index in [1.54, 1.807) is 0 Å². The van der Waals surface area contributed by atoms with E-state index in [2.05, 4.69) is 10.6 Å². The van der Waals surface area contributed by atoms with E-state index < -0.39 is 18.0 Å². The number of carbonyl (C=O) groups is 2. The molecule has 0 spiro atoms. The summed E-state index contributed by atoms with van der Waals surface area (Å²) in [5.74, 6) is -2.38. The number of aliphatic hydroxyl groups excluding tert-OH is 1. The number of rotatable bonds is 8. The number of hydrogen-bond acceptors (Lipinski definition) is 7. The highest BCUT2D eigenvalue weighted by atomic mass is 16.6. The number of carbonyl (C=O) groups excluding carboxylic acids is 1. The molecule has 0 aliphatic carbocycles. The topological polar surface area (TPSA) is 145 Å². The molecule has 0 amide bonds. The second kappa shape index (κ2) is 12.5. The van der Waals surface area contributed by atoms with Gasteiger partial charge in [0.2, 0.25) is 0 Å². The Morgan fingerprint density at radius 2 is 1.77 bits per heavy atom. The van der Waals surface area contributed by atoms with E-state index in [1.165, 1.54) is 0 Å². The summed E-state index contributed by atoms with van der Waals surface area (Å²) in [6.45, 7) is 5.11. The Morgan fingerprint density at radius 3 is 2.42 bits per heavy atom. The van der Waals surface area contributed by atoms with Gasteiger partial charge in [-0.2, -0.15) is 0 Å². The molecule has 9 heteroatoms. The van der Waals surface area contributed by atoms with Gasteiger partial charge in [-0.3, -0.25) is 0 Å². The predicted octanol–water partition coefficient (Wildman–Crippen LogP) is -1.08. The maximum atomic E-state index is 10.4. The first-order valence-corrected chi connectivity index (χ1v) is 9.98. The molecular formula is C22H28N2O7. The van der Waals surface area contributed by atoms with Gasteiger partial charge in [0, 0.05) is 13.1 Å². The first-order chi connectivity index (χ1) is 14.9. The molecule has 0 radical (unpaired) electrons. The molecule has 31 heavy (non-hydrogen) atoms. The van der Waals surface area contributed by atoms with Crippen LogP contribution in [0.25, 0.3) is 0 Å². The van der Waals surface area contributed by atoms with Crippen molar-refractivity contribution >= 4 is 11.9 Å². The van der Waals surface area contributed by atoms with Crippen LogP contribution < -0.4 is 25.2 Å². The van der Waals surface area contributed by atoms with Crippen LogP contribution in [0.15, 0.2) is 54.6 Å². The third-order valence-electron chi connectivity index (χ3n) is 4.61. The number of aliphatic hydroxyl groups is 1. The van der Waals surface area contributed by atoms with E-state index in [0.717, 1.165) is 36.7 Å². The maximum absolute atomic E-state index is 10.4. The molecule has 0 aromatic heterocycles. The van der Waals surface area contributed by atoms with E-state index in [4.69, 9.17) is 29.3 Å². The van der Waals surface area contributed by atoms with Crippen molar-refractivity contribution in [2.75, 3.05) is 26.2 Å². The average Bonchev–Trinajstić information content (AvgIpc) is 2.79. The lowest BCUT2D eigenvalue weighted by molar-refractivity contribution is -0.692. The van der Waals surface area contributed by atoms with Gasteiger partial charge in [0.05, 0.1) is 6.54 Å². The first kappa shape index (κ1) is 24.1. The molecule has 9 nitrogen and oxygen atoms in total. The molecule has 0 saturated carbocycles. The maximum Gasteiger partial charge on any atom is 0.351 e. The fraction of sp³-hybridized carbons (Fsp3) is 0.364. The van der Waals surface area contributed by atoms with Gasteiger partial charge < -0.3 is 40.2 Å². The highest BCUT2D eigenvalue weighted by Crippen LogP contribution is 2.30. The van der Waals surface area contributed by atoms with Crippen LogP contribution in [0.3, 0.4) is 0 Å². The van der Waals surface area contributed by atoms with Crippen LogP contribution in [-0.2, 0) is 9.59 Å². The quantitative estimate of drug-likeness (QED) is 0.305. The monoisotopic (exact) mass is 432 g/mol. The number of quaternary nitrogens is 1. The average molecular weight is 432 g/mol. The molecule has 2 aromatic rings. The van der Waals surface area contributed by atoms with Crippen molar-refractivity contribution in [1.29, 1.82) is 0 Å². The zero-order chi connectivity index (χ0) is 22.6. The lowest BCUT2D eigenvalue weighted by Gasteiger charge is -2.26. The second-order valence-electron chi connectivity index (χ2n) is 7.03. The van der Waals surface area contributed by atoms with Gasteiger partial charge in [0.15, 0.2) is 17.5 Å². The Hall–Kier alpha value is -3.14. The normalized spacial score (nSPS) is 16.4. The number of carboxylic acid groups (broad SMARTS) is 2. The first-order valence-electron chi connectivity index (χ1n) is 9.98. The fourth-order valence-electron chi connectivity index (χ4n) is 2.96. The van der Waals surface area contributed by atoms with Crippen LogP contribution >= 0.6 is 0 Å². The summed E-state index contributed by atoms with van der Waals surface area (Å²) in [5.41, 5.74) is 0.964. The number of carboxylic acids is 2. The number of hydrogen-bond donors (Lipinski definition) is 4. The van der Waals surface area contributed by atoms with Gasteiger partial charge in [0.25, 0.3) is 0 Å². The van der Waals surface area contributed by atoms with Crippen molar-refractivity contribution in [3.63, 3.8) is 0 Å². The highest BCUT2D eigenvalue weighted by molar-refractivity contribution is 6.26. The number of benzene rings is 2. The molecule has 1 heterocycles. The van der Waals surface area contributed by atoms with Crippen LogP contribution in [0.4, 0.5) is 0 Å². The zero-order valence-electron chi connectivity index (χ0n) is 17.3. The molecule has 0 saturated heterocycles. The number of para-hydroxylation sites is 2. The third kappa shape index (κ3) is 8.25. The number of ether oxygens (including phenoxy) is 2. The summed E-state index contributed by atoms with van der Waals surface area (Å²) in [7, 11) is 0. The molecule has 3 rings (SSSR count). The molecule has 2 aromatic carbocycles. The summed E-state index contributed by atoms with van der Waals surface area (Å²) in [6, 6.07) is 17.7. The van der Waals surface area contributed by atoms with Crippen molar-refractivity contribution < 1.29 is 39.7 Å². The summed E-state index contributed by atoms with van der Waals surface area (Å²) >= 11 is 0. The van der Waals surface area contributed by atoms with Crippen LogP contribution in [0.2, 0.25) is 0 Å². The lowest BCUT2D eigenvalue weighted by Crippen LogP contribution is -2.91. The van der Waals surface area contributed by atoms with Gasteiger partial charge in [-0.05, 0) is 24.6 Å². The van der Waals surface area contributed by atoms with Crippen LogP contribution in [0, 0.1) is 0 Å². The fourth-order valence-corrected chi connectivity index (χ4v) is 2.96. The predicted molar refractivity (Wildman–Crippen MR) is 110 cm³/mol. The molecule has 1 aliphatic heterocycles. The van der Waals surface area contributed by atoms with E-state index in [1.807, 2.05) is 61.5 Å². The van der Waals surface area contributed by atoms with E-state index in [9.17, 15) is 5.11 Å². The van der Waals surface area contributed by atoms with Crippen LogP contribution in [0.5, 0.6) is 11.5 Å². The molecule has 3 atom stereocenters. The van der Waals surface area contributed by atoms with Crippen molar-refractivity contribution in [1.82, 2.24) is 5.32 Å². The highest BCUT2D eigenvalue weighted by Gasteiger charge is 2.21. The Morgan fingerprint density at radius 1 is 1.16 bits per heavy atom. The number of aliphatic carboxylic acids is 2. The molecule has 1 aliphatic rings. The Bertz CT molecular complexity index is 816. The van der Waals surface area contributed by atoms with Crippen LogP contribution in [-0.4, -0.2) is 60.5 Å².